The van der Waals surface area contributed by atoms with Crippen molar-refractivity contribution in [3.63, 3.8) is 0 Å². The van der Waals surface area contributed by atoms with Crippen molar-refractivity contribution in [1.29, 1.82) is 0 Å². The van der Waals surface area contributed by atoms with E-state index in [1.165, 1.54) is 5.01 Å². The van der Waals surface area contributed by atoms with Gasteiger partial charge in [-0.05, 0) is 35.2 Å². The average Bonchev–Trinajstić information content (AvgIpc) is 2.99. The van der Waals surface area contributed by atoms with Gasteiger partial charge in [0.2, 0.25) is 5.91 Å². The fraction of sp³-hybridized carbons (Fsp3) is 0.250. The molecular weight excluding hydrogens is 278 g/mol. The van der Waals surface area contributed by atoms with Gasteiger partial charge in [0.15, 0.2) is 5.65 Å². The molecule has 3 heterocycles. The third-order valence-electron chi connectivity index (χ3n) is 4.14. The Morgan fingerprint density at radius 3 is 2.95 bits per heavy atom. The Hall–Kier alpha value is -2.76. The number of amides is 1. The number of rotatable bonds is 1. The molecule has 1 aliphatic heterocycles. The lowest BCUT2D eigenvalue weighted by Crippen LogP contribution is -2.33. The van der Waals surface area contributed by atoms with Gasteiger partial charge in [0, 0.05) is 19.4 Å². The molecule has 1 aliphatic rings. The fourth-order valence-corrected chi connectivity index (χ4v) is 2.92. The first-order valence-electron chi connectivity index (χ1n) is 7.21. The number of aromatic nitrogens is 3. The van der Waals surface area contributed by atoms with E-state index in [-0.39, 0.29) is 11.8 Å². The first-order valence-corrected chi connectivity index (χ1v) is 7.21. The maximum absolute atomic E-state index is 11.7. The molecule has 0 saturated heterocycles. The van der Waals surface area contributed by atoms with E-state index >= 15 is 0 Å². The predicted molar refractivity (Wildman–Crippen MR) is 83.6 cm³/mol. The van der Waals surface area contributed by atoms with Crippen molar-refractivity contribution in [2.24, 2.45) is 11.0 Å². The molecule has 6 nitrogen and oxygen atoms in total. The molecule has 0 N–H and O–H groups in total. The molecule has 6 heteroatoms. The summed E-state index contributed by atoms with van der Waals surface area (Å²) < 4.78 is 1.96. The minimum absolute atomic E-state index is 0.0586. The van der Waals surface area contributed by atoms with Gasteiger partial charge >= 0.3 is 0 Å². The molecule has 110 valence electrons. The van der Waals surface area contributed by atoms with Crippen molar-refractivity contribution in [1.82, 2.24) is 19.6 Å². The molecule has 1 atom stereocenters. The maximum Gasteiger partial charge on any atom is 0.243 e. The van der Waals surface area contributed by atoms with E-state index in [1.54, 1.807) is 13.4 Å². The van der Waals surface area contributed by atoms with Gasteiger partial charge in [-0.2, -0.15) is 5.10 Å². The Kier molecular flexibility index (Phi) is 2.72. The monoisotopic (exact) mass is 293 g/mol. The van der Waals surface area contributed by atoms with Crippen LogP contribution in [0.2, 0.25) is 0 Å². The number of hydrogen-bond acceptors (Lipinski definition) is 4. The zero-order chi connectivity index (χ0) is 15.3. The fourth-order valence-electron chi connectivity index (χ4n) is 2.92. The van der Waals surface area contributed by atoms with Gasteiger partial charge in [0.25, 0.3) is 0 Å². The van der Waals surface area contributed by atoms with Crippen LogP contribution in [0.4, 0.5) is 0 Å². The first-order chi connectivity index (χ1) is 10.6. The van der Waals surface area contributed by atoms with Crippen LogP contribution >= 0.6 is 0 Å². The molecule has 1 amide bonds. The number of nitrogens with zero attached hydrogens (tertiary/aromatic N) is 5. The number of carbonyl (C=O) groups is 1. The minimum atomic E-state index is 0.0586. The van der Waals surface area contributed by atoms with Gasteiger partial charge in [-0.3, -0.25) is 9.20 Å². The van der Waals surface area contributed by atoms with Crippen LogP contribution < -0.4 is 0 Å². The van der Waals surface area contributed by atoms with Crippen LogP contribution in [0.3, 0.4) is 0 Å². The van der Waals surface area contributed by atoms with Crippen molar-refractivity contribution in [2.75, 3.05) is 7.05 Å². The van der Waals surface area contributed by atoms with Crippen LogP contribution in [0, 0.1) is 5.92 Å². The van der Waals surface area contributed by atoms with Gasteiger partial charge in [0.05, 0.1) is 11.2 Å². The Morgan fingerprint density at radius 2 is 2.09 bits per heavy atom. The Labute approximate surface area is 127 Å². The van der Waals surface area contributed by atoms with Gasteiger partial charge < -0.3 is 0 Å². The molecule has 1 aromatic carbocycles. The Balaban J connectivity index is 1.87. The number of carbonyl (C=O) groups excluding carboxylic acids is 1. The summed E-state index contributed by atoms with van der Waals surface area (Å²) in [5.41, 5.74) is 3.88. The molecule has 2 aromatic heterocycles. The number of hydrogen-bond donors (Lipinski definition) is 0. The van der Waals surface area contributed by atoms with Gasteiger partial charge in [-0.15, -0.1) is 10.2 Å². The third-order valence-corrected chi connectivity index (χ3v) is 4.14. The molecule has 0 bridgehead atoms. The molecule has 0 aliphatic carbocycles. The van der Waals surface area contributed by atoms with Crippen molar-refractivity contribution in [3.05, 3.63) is 42.2 Å². The number of benzene rings is 1. The largest absolute Gasteiger partial charge is 0.282 e. The summed E-state index contributed by atoms with van der Waals surface area (Å²) in [6.45, 7) is 2.04. The topological polar surface area (TPSA) is 62.9 Å². The highest BCUT2D eigenvalue weighted by molar-refractivity contribution is 6.07. The van der Waals surface area contributed by atoms with Crippen molar-refractivity contribution >= 4 is 28.2 Å². The number of pyridine rings is 1. The lowest BCUT2D eigenvalue weighted by molar-refractivity contribution is -0.131. The highest BCUT2D eigenvalue weighted by Gasteiger charge is 2.25. The predicted octanol–water partition coefficient (Wildman–Crippen LogP) is 2.08. The normalized spacial score (nSPS) is 19.0. The summed E-state index contributed by atoms with van der Waals surface area (Å²) >= 11 is 0. The maximum atomic E-state index is 11.7. The van der Waals surface area contributed by atoms with E-state index in [4.69, 9.17) is 0 Å². The van der Waals surface area contributed by atoms with E-state index in [9.17, 15) is 4.79 Å². The molecule has 0 spiro atoms. The molecule has 3 aromatic rings. The quantitative estimate of drug-likeness (QED) is 0.690. The van der Waals surface area contributed by atoms with Gasteiger partial charge in [-0.25, -0.2) is 5.01 Å². The molecule has 4 rings (SSSR count). The van der Waals surface area contributed by atoms with Crippen LogP contribution in [-0.4, -0.2) is 38.3 Å². The Morgan fingerprint density at radius 1 is 1.23 bits per heavy atom. The highest BCUT2D eigenvalue weighted by Crippen LogP contribution is 2.23. The SMILES string of the molecule is CC1CC(=O)N(C)N=C1c1ccc2c(ccc3nncn32)c1. The minimum Gasteiger partial charge on any atom is -0.282 e. The summed E-state index contributed by atoms with van der Waals surface area (Å²) in [6, 6.07) is 10.2. The van der Waals surface area contributed by atoms with E-state index in [0.29, 0.717) is 6.42 Å². The summed E-state index contributed by atoms with van der Waals surface area (Å²) in [5.74, 6) is 0.183. The molecule has 0 saturated carbocycles. The van der Waals surface area contributed by atoms with Crippen molar-refractivity contribution < 1.29 is 4.79 Å². The van der Waals surface area contributed by atoms with Crippen molar-refractivity contribution in [3.8, 4) is 0 Å². The van der Waals surface area contributed by atoms with E-state index in [1.807, 2.05) is 35.6 Å². The summed E-state index contributed by atoms with van der Waals surface area (Å²) in [7, 11) is 1.70. The zero-order valence-corrected chi connectivity index (χ0v) is 12.4. The third kappa shape index (κ3) is 1.88. The molecule has 0 radical (unpaired) electrons. The average molecular weight is 293 g/mol. The number of hydrazone groups is 1. The standard InChI is InChI=1S/C16H15N5O/c1-10-7-15(22)20(2)19-16(10)12-3-5-13-11(8-12)4-6-14-18-17-9-21(13)14/h3-6,8-10H,7H2,1-2H3. The smallest absolute Gasteiger partial charge is 0.243 e. The van der Waals surface area contributed by atoms with E-state index < -0.39 is 0 Å². The second-order valence-corrected chi connectivity index (χ2v) is 5.67. The Bertz CT molecular complexity index is 927. The van der Waals surface area contributed by atoms with Gasteiger partial charge in [0.1, 0.15) is 6.33 Å². The van der Waals surface area contributed by atoms with Crippen LogP contribution in [0.15, 0.2) is 41.8 Å². The molecule has 1 unspecified atom stereocenters. The number of fused-ring (bicyclic) bond motifs is 3. The molecule has 0 fully saturated rings. The van der Waals surface area contributed by atoms with Crippen LogP contribution in [0.1, 0.15) is 18.9 Å². The summed E-state index contributed by atoms with van der Waals surface area (Å²) in [4.78, 5) is 11.7. The second-order valence-electron chi connectivity index (χ2n) is 5.67. The van der Waals surface area contributed by atoms with E-state index in [0.717, 1.165) is 27.8 Å². The summed E-state index contributed by atoms with van der Waals surface area (Å²) in [5, 5.41) is 15.0. The van der Waals surface area contributed by atoms with E-state index in [2.05, 4.69) is 21.4 Å². The zero-order valence-electron chi connectivity index (χ0n) is 12.4. The molecule has 22 heavy (non-hydrogen) atoms. The lowest BCUT2D eigenvalue weighted by atomic mass is 9.93. The first kappa shape index (κ1) is 12.9. The van der Waals surface area contributed by atoms with Crippen LogP contribution in [-0.2, 0) is 4.79 Å². The molecular formula is C16H15N5O. The van der Waals surface area contributed by atoms with Gasteiger partial charge in [-0.1, -0.05) is 13.0 Å². The van der Waals surface area contributed by atoms with Crippen LogP contribution in [0.5, 0.6) is 0 Å². The van der Waals surface area contributed by atoms with Crippen LogP contribution in [0.25, 0.3) is 16.6 Å². The second kappa shape index (κ2) is 4.62. The summed E-state index contributed by atoms with van der Waals surface area (Å²) in [6.07, 6.45) is 2.21. The lowest BCUT2D eigenvalue weighted by Gasteiger charge is -2.25. The highest BCUT2D eigenvalue weighted by atomic mass is 16.2. The van der Waals surface area contributed by atoms with Crippen molar-refractivity contribution in [2.45, 2.75) is 13.3 Å².